The summed E-state index contributed by atoms with van der Waals surface area (Å²) < 4.78 is 19.2. The van der Waals surface area contributed by atoms with Crippen molar-refractivity contribution < 1.29 is 13.9 Å². The van der Waals surface area contributed by atoms with Crippen molar-refractivity contribution in [3.05, 3.63) is 29.8 Å². The van der Waals surface area contributed by atoms with E-state index >= 15 is 0 Å². The fourth-order valence-electron chi connectivity index (χ4n) is 2.66. The molecule has 1 aromatic heterocycles. The van der Waals surface area contributed by atoms with Gasteiger partial charge in [0.1, 0.15) is 5.60 Å². The Kier molecular flexibility index (Phi) is 3.72. The molecule has 0 aliphatic heterocycles. The fraction of sp³-hybridized carbons (Fsp3) is 0.600. The van der Waals surface area contributed by atoms with Gasteiger partial charge in [0, 0.05) is 13.3 Å². The standard InChI is InChI=1S/C15H20FNO2/c1-14(2)5-7-15(19-3,8-6-14)13(18)11-4-9-17-10-12(11)16/h4,9-10H,5-8H2,1-3H3. The number of aromatic nitrogens is 1. The Morgan fingerprint density at radius 2 is 1.95 bits per heavy atom. The molecule has 1 fully saturated rings. The minimum Gasteiger partial charge on any atom is -0.370 e. The summed E-state index contributed by atoms with van der Waals surface area (Å²) in [6.45, 7) is 4.37. The molecule has 0 amide bonds. The second-order valence-corrected chi connectivity index (χ2v) is 6.05. The number of ketones is 1. The van der Waals surface area contributed by atoms with Crippen molar-refractivity contribution in [2.45, 2.75) is 45.1 Å². The van der Waals surface area contributed by atoms with E-state index in [4.69, 9.17) is 4.74 Å². The molecule has 1 aromatic rings. The van der Waals surface area contributed by atoms with Crippen LogP contribution < -0.4 is 0 Å². The van der Waals surface area contributed by atoms with Gasteiger partial charge in [0.25, 0.3) is 0 Å². The Balaban J connectivity index is 2.28. The van der Waals surface area contributed by atoms with Crippen LogP contribution in [0.15, 0.2) is 18.5 Å². The Labute approximate surface area is 113 Å². The maximum atomic E-state index is 13.7. The van der Waals surface area contributed by atoms with E-state index in [0.29, 0.717) is 12.8 Å². The number of carbonyl (C=O) groups excluding carboxylic acids is 1. The molecule has 0 aromatic carbocycles. The summed E-state index contributed by atoms with van der Waals surface area (Å²) in [5.41, 5.74) is -0.576. The van der Waals surface area contributed by atoms with E-state index in [0.717, 1.165) is 19.0 Å². The second kappa shape index (κ2) is 5.00. The highest BCUT2D eigenvalue weighted by molar-refractivity contribution is 6.02. The number of hydrogen-bond acceptors (Lipinski definition) is 3. The number of halogens is 1. The molecule has 0 bridgehead atoms. The summed E-state index contributed by atoms with van der Waals surface area (Å²) in [4.78, 5) is 16.3. The zero-order valence-electron chi connectivity index (χ0n) is 11.7. The van der Waals surface area contributed by atoms with Crippen LogP contribution in [0.4, 0.5) is 4.39 Å². The van der Waals surface area contributed by atoms with Gasteiger partial charge in [0.05, 0.1) is 11.8 Å². The Bertz CT molecular complexity index is 475. The van der Waals surface area contributed by atoms with Gasteiger partial charge in [-0.1, -0.05) is 13.8 Å². The van der Waals surface area contributed by atoms with Gasteiger partial charge in [-0.15, -0.1) is 0 Å². The van der Waals surface area contributed by atoms with E-state index < -0.39 is 11.4 Å². The van der Waals surface area contributed by atoms with E-state index in [-0.39, 0.29) is 16.8 Å². The predicted octanol–water partition coefficient (Wildman–Crippen LogP) is 3.39. The van der Waals surface area contributed by atoms with Crippen molar-refractivity contribution in [3.8, 4) is 0 Å². The van der Waals surface area contributed by atoms with E-state index in [1.165, 1.54) is 19.4 Å². The van der Waals surface area contributed by atoms with Crippen molar-refractivity contribution in [2.24, 2.45) is 5.41 Å². The first-order valence-electron chi connectivity index (χ1n) is 6.60. The van der Waals surface area contributed by atoms with Crippen LogP contribution in [0.25, 0.3) is 0 Å². The smallest absolute Gasteiger partial charge is 0.197 e. The zero-order chi connectivity index (χ0) is 14.1. The Hall–Kier alpha value is -1.29. The molecule has 0 unspecified atom stereocenters. The summed E-state index contributed by atoms with van der Waals surface area (Å²) in [7, 11) is 1.54. The van der Waals surface area contributed by atoms with Crippen LogP contribution in [-0.4, -0.2) is 23.5 Å². The number of methoxy groups -OCH3 is 1. The molecular formula is C15H20FNO2. The van der Waals surface area contributed by atoms with Gasteiger partial charge in [-0.3, -0.25) is 9.78 Å². The van der Waals surface area contributed by atoms with Gasteiger partial charge < -0.3 is 4.74 Å². The molecule has 1 aliphatic rings. The van der Waals surface area contributed by atoms with Gasteiger partial charge in [-0.25, -0.2) is 4.39 Å². The first-order chi connectivity index (χ1) is 8.90. The molecule has 3 nitrogen and oxygen atoms in total. The molecule has 19 heavy (non-hydrogen) atoms. The zero-order valence-corrected chi connectivity index (χ0v) is 11.7. The van der Waals surface area contributed by atoms with E-state index in [9.17, 15) is 9.18 Å². The quantitative estimate of drug-likeness (QED) is 0.786. The number of carbonyl (C=O) groups is 1. The number of Topliss-reactive ketones (excluding diaryl/α,β-unsaturated/α-hetero) is 1. The normalized spacial score (nSPS) is 21.1. The van der Waals surface area contributed by atoms with Crippen LogP contribution in [0, 0.1) is 11.2 Å². The highest BCUT2D eigenvalue weighted by atomic mass is 19.1. The van der Waals surface area contributed by atoms with Crippen LogP contribution in [0.1, 0.15) is 49.9 Å². The first kappa shape index (κ1) is 14.1. The number of rotatable bonds is 3. The Morgan fingerprint density at radius 3 is 2.47 bits per heavy atom. The number of hydrogen-bond donors (Lipinski definition) is 0. The van der Waals surface area contributed by atoms with E-state index in [1.807, 2.05) is 0 Å². The molecule has 104 valence electrons. The fourth-order valence-corrected chi connectivity index (χ4v) is 2.66. The molecule has 4 heteroatoms. The largest absolute Gasteiger partial charge is 0.370 e. The lowest BCUT2D eigenvalue weighted by molar-refractivity contribution is -0.0385. The number of ether oxygens (including phenoxy) is 1. The van der Waals surface area contributed by atoms with Crippen molar-refractivity contribution in [1.82, 2.24) is 4.98 Å². The van der Waals surface area contributed by atoms with Gasteiger partial charge in [0.2, 0.25) is 0 Å². The minimum absolute atomic E-state index is 0.0801. The minimum atomic E-state index is -0.877. The van der Waals surface area contributed by atoms with Gasteiger partial charge >= 0.3 is 0 Å². The van der Waals surface area contributed by atoms with Crippen LogP contribution in [0.2, 0.25) is 0 Å². The molecule has 0 spiro atoms. The summed E-state index contributed by atoms with van der Waals surface area (Å²) in [6, 6.07) is 1.43. The third kappa shape index (κ3) is 2.68. The maximum Gasteiger partial charge on any atom is 0.197 e. The number of nitrogens with zero attached hydrogens (tertiary/aromatic N) is 1. The molecule has 2 rings (SSSR count). The lowest BCUT2D eigenvalue weighted by Gasteiger charge is -2.41. The lowest BCUT2D eigenvalue weighted by atomic mass is 9.68. The van der Waals surface area contributed by atoms with Gasteiger partial charge in [-0.05, 0) is 37.2 Å². The Morgan fingerprint density at radius 1 is 1.32 bits per heavy atom. The average Bonchev–Trinajstić information content (AvgIpc) is 2.39. The summed E-state index contributed by atoms with van der Waals surface area (Å²) in [5, 5.41) is 0. The highest BCUT2D eigenvalue weighted by Crippen LogP contribution is 2.43. The molecule has 0 atom stereocenters. The lowest BCUT2D eigenvalue weighted by Crippen LogP contribution is -2.46. The predicted molar refractivity (Wildman–Crippen MR) is 70.5 cm³/mol. The monoisotopic (exact) mass is 265 g/mol. The summed E-state index contributed by atoms with van der Waals surface area (Å²) in [5.74, 6) is -0.834. The van der Waals surface area contributed by atoms with Crippen molar-refractivity contribution >= 4 is 5.78 Å². The molecule has 1 saturated carbocycles. The molecule has 0 radical (unpaired) electrons. The van der Waals surface area contributed by atoms with Crippen molar-refractivity contribution in [2.75, 3.05) is 7.11 Å². The van der Waals surface area contributed by atoms with Crippen molar-refractivity contribution in [1.29, 1.82) is 0 Å². The van der Waals surface area contributed by atoms with Gasteiger partial charge in [-0.2, -0.15) is 0 Å². The average molecular weight is 265 g/mol. The van der Waals surface area contributed by atoms with E-state index in [1.54, 1.807) is 0 Å². The summed E-state index contributed by atoms with van der Waals surface area (Å²) in [6.07, 6.45) is 5.59. The molecule has 0 saturated heterocycles. The maximum absolute atomic E-state index is 13.7. The molecule has 1 heterocycles. The van der Waals surface area contributed by atoms with Crippen molar-refractivity contribution in [3.63, 3.8) is 0 Å². The van der Waals surface area contributed by atoms with Crippen LogP contribution in [-0.2, 0) is 4.74 Å². The highest BCUT2D eigenvalue weighted by Gasteiger charge is 2.45. The SMILES string of the molecule is COC1(C(=O)c2ccncc2F)CCC(C)(C)CC1. The topological polar surface area (TPSA) is 39.2 Å². The van der Waals surface area contributed by atoms with E-state index in [2.05, 4.69) is 18.8 Å². The molecular weight excluding hydrogens is 245 g/mol. The third-order valence-electron chi connectivity index (χ3n) is 4.23. The second-order valence-electron chi connectivity index (χ2n) is 6.05. The first-order valence-corrected chi connectivity index (χ1v) is 6.60. The van der Waals surface area contributed by atoms with Crippen LogP contribution in [0.5, 0.6) is 0 Å². The third-order valence-corrected chi connectivity index (χ3v) is 4.23. The van der Waals surface area contributed by atoms with Gasteiger partial charge in [0.15, 0.2) is 11.6 Å². The molecule has 0 N–H and O–H groups in total. The van der Waals surface area contributed by atoms with Crippen LogP contribution in [0.3, 0.4) is 0 Å². The molecule has 1 aliphatic carbocycles. The number of pyridine rings is 1. The summed E-state index contributed by atoms with van der Waals surface area (Å²) >= 11 is 0. The van der Waals surface area contributed by atoms with Crippen LogP contribution >= 0.6 is 0 Å².